The average Bonchev–Trinajstić information content (AvgIpc) is 2.79. The number of aromatic nitrogens is 3. The van der Waals surface area contributed by atoms with Crippen molar-refractivity contribution in [1.29, 1.82) is 0 Å². The molecule has 1 aromatic carbocycles. The zero-order valence-electron chi connectivity index (χ0n) is 10.2. The van der Waals surface area contributed by atoms with E-state index in [1.165, 1.54) is 0 Å². The summed E-state index contributed by atoms with van der Waals surface area (Å²) in [6.07, 6.45) is 0. The third kappa shape index (κ3) is 1.72. The lowest BCUT2D eigenvalue weighted by molar-refractivity contribution is 0.0997. The minimum atomic E-state index is -0.769. The molecule has 20 heavy (non-hydrogen) atoms. The van der Waals surface area contributed by atoms with E-state index >= 15 is 0 Å². The van der Waals surface area contributed by atoms with Gasteiger partial charge in [0.2, 0.25) is 0 Å². The van der Waals surface area contributed by atoms with Gasteiger partial charge in [-0.15, -0.1) is 0 Å². The van der Waals surface area contributed by atoms with Crippen molar-refractivity contribution in [2.75, 3.05) is 0 Å². The fourth-order valence-electron chi connectivity index (χ4n) is 2.17. The zero-order chi connectivity index (χ0) is 14.3. The number of fused-ring (bicyclic) bond motifs is 1. The quantitative estimate of drug-likeness (QED) is 0.535. The van der Waals surface area contributed by atoms with E-state index in [0.717, 1.165) is 5.56 Å². The second-order valence-electron chi connectivity index (χ2n) is 4.26. The smallest absolute Gasteiger partial charge is 0.326 e. The van der Waals surface area contributed by atoms with E-state index in [-0.39, 0.29) is 16.6 Å². The molecule has 2 heterocycles. The summed E-state index contributed by atoms with van der Waals surface area (Å²) in [5, 5.41) is 0.0518. The highest BCUT2D eigenvalue weighted by Crippen LogP contribution is 2.26. The molecule has 0 unspecified atom stereocenters. The van der Waals surface area contributed by atoms with Gasteiger partial charge in [-0.25, -0.2) is 4.79 Å². The molecule has 0 spiro atoms. The lowest BCUT2D eigenvalue weighted by Crippen LogP contribution is -2.23. The molecule has 3 rings (SSSR count). The Balaban J connectivity index is 2.48. The normalized spacial score (nSPS) is 10.8. The molecule has 0 radical (unpaired) electrons. The summed E-state index contributed by atoms with van der Waals surface area (Å²) in [7, 11) is 0. The van der Waals surface area contributed by atoms with Crippen molar-refractivity contribution >= 4 is 16.8 Å². The standard InChI is InChI=1S/C13H10N4O3/c14-11(18)10-7-9(16-13(20)17-12(7)19)8(15-10)6-4-2-1-3-5-6/h1-5,15H,(H2,14,18)(H2,16,17,19,20). The number of nitrogens with one attached hydrogen (secondary N) is 3. The highest BCUT2D eigenvalue weighted by molar-refractivity contribution is 6.08. The van der Waals surface area contributed by atoms with E-state index in [0.29, 0.717) is 5.69 Å². The Labute approximate surface area is 111 Å². The van der Waals surface area contributed by atoms with Crippen LogP contribution in [-0.2, 0) is 0 Å². The molecule has 7 heteroatoms. The molecule has 0 saturated carbocycles. The third-order valence-corrected chi connectivity index (χ3v) is 3.00. The number of rotatable bonds is 2. The highest BCUT2D eigenvalue weighted by Gasteiger charge is 2.19. The molecule has 5 N–H and O–H groups in total. The van der Waals surface area contributed by atoms with Crippen molar-refractivity contribution in [3.63, 3.8) is 0 Å². The van der Waals surface area contributed by atoms with Crippen LogP contribution in [0.25, 0.3) is 22.2 Å². The van der Waals surface area contributed by atoms with Crippen molar-refractivity contribution in [2.45, 2.75) is 0 Å². The summed E-state index contributed by atoms with van der Waals surface area (Å²) < 4.78 is 0. The van der Waals surface area contributed by atoms with Crippen LogP contribution in [0, 0.1) is 0 Å². The number of nitrogens with two attached hydrogens (primary N) is 1. The number of hydrogen-bond acceptors (Lipinski definition) is 3. The van der Waals surface area contributed by atoms with Crippen LogP contribution in [0.2, 0.25) is 0 Å². The predicted octanol–water partition coefficient (Wildman–Crippen LogP) is 0.310. The molecule has 0 bridgehead atoms. The van der Waals surface area contributed by atoms with Crippen LogP contribution in [0.3, 0.4) is 0 Å². The Kier molecular flexibility index (Phi) is 2.53. The number of aromatic amines is 3. The van der Waals surface area contributed by atoms with Crippen molar-refractivity contribution in [1.82, 2.24) is 15.0 Å². The zero-order valence-corrected chi connectivity index (χ0v) is 10.2. The Morgan fingerprint density at radius 2 is 1.70 bits per heavy atom. The number of carbonyl (C=O) groups excluding carboxylic acids is 1. The van der Waals surface area contributed by atoms with Crippen molar-refractivity contribution in [3.8, 4) is 11.3 Å². The molecule has 0 saturated heterocycles. The van der Waals surface area contributed by atoms with Gasteiger partial charge in [-0.2, -0.15) is 0 Å². The molecule has 3 aromatic rings. The van der Waals surface area contributed by atoms with E-state index in [1.807, 2.05) is 6.07 Å². The van der Waals surface area contributed by atoms with Crippen LogP contribution in [0.15, 0.2) is 39.9 Å². The minimum absolute atomic E-state index is 0.0312. The molecule has 0 atom stereocenters. The van der Waals surface area contributed by atoms with Gasteiger partial charge in [0.25, 0.3) is 11.5 Å². The maximum Gasteiger partial charge on any atom is 0.326 e. The van der Waals surface area contributed by atoms with E-state index in [4.69, 9.17) is 5.73 Å². The summed E-state index contributed by atoms with van der Waals surface area (Å²) in [5.74, 6) is -0.769. The van der Waals surface area contributed by atoms with Gasteiger partial charge in [-0.05, 0) is 0 Å². The van der Waals surface area contributed by atoms with Crippen LogP contribution in [0.1, 0.15) is 10.5 Å². The maximum absolute atomic E-state index is 11.9. The SMILES string of the molecule is NC(=O)c1[nH]c(-c2ccccc2)c2[nH]c(=O)[nH]c(=O)c12. The lowest BCUT2D eigenvalue weighted by atomic mass is 10.1. The molecule has 7 nitrogen and oxygen atoms in total. The molecular weight excluding hydrogens is 260 g/mol. The number of benzene rings is 1. The van der Waals surface area contributed by atoms with E-state index in [9.17, 15) is 14.4 Å². The first-order valence-corrected chi connectivity index (χ1v) is 5.81. The summed E-state index contributed by atoms with van der Waals surface area (Å²) in [6, 6.07) is 9.01. The van der Waals surface area contributed by atoms with Crippen LogP contribution < -0.4 is 17.0 Å². The summed E-state index contributed by atoms with van der Waals surface area (Å²) in [4.78, 5) is 42.1. The molecule has 2 aromatic heterocycles. The Bertz CT molecular complexity index is 918. The van der Waals surface area contributed by atoms with Gasteiger partial charge in [0.1, 0.15) is 5.69 Å². The monoisotopic (exact) mass is 270 g/mol. The second kappa shape index (κ2) is 4.23. The number of H-pyrrole nitrogens is 3. The Morgan fingerprint density at radius 3 is 2.35 bits per heavy atom. The van der Waals surface area contributed by atoms with Crippen LogP contribution in [-0.4, -0.2) is 20.9 Å². The van der Waals surface area contributed by atoms with Crippen LogP contribution in [0.4, 0.5) is 0 Å². The summed E-state index contributed by atoms with van der Waals surface area (Å²) in [5.41, 5.74) is 5.39. The topological polar surface area (TPSA) is 125 Å². The molecule has 0 fully saturated rings. The number of primary amides is 1. The molecule has 100 valence electrons. The Hall–Kier alpha value is -3.09. The Morgan fingerprint density at radius 1 is 1.00 bits per heavy atom. The average molecular weight is 270 g/mol. The molecule has 0 aliphatic carbocycles. The molecular formula is C13H10N4O3. The van der Waals surface area contributed by atoms with E-state index < -0.39 is 17.2 Å². The van der Waals surface area contributed by atoms with Crippen molar-refractivity contribution in [3.05, 3.63) is 56.9 Å². The summed E-state index contributed by atoms with van der Waals surface area (Å²) >= 11 is 0. The third-order valence-electron chi connectivity index (χ3n) is 3.00. The van der Waals surface area contributed by atoms with Crippen molar-refractivity contribution in [2.24, 2.45) is 5.73 Å². The van der Waals surface area contributed by atoms with E-state index in [2.05, 4.69) is 15.0 Å². The largest absolute Gasteiger partial charge is 0.364 e. The van der Waals surface area contributed by atoms with Crippen LogP contribution in [0.5, 0.6) is 0 Å². The fraction of sp³-hybridized carbons (Fsp3) is 0. The number of carbonyl (C=O) groups is 1. The molecule has 0 aliphatic rings. The first kappa shape index (κ1) is 12.0. The van der Waals surface area contributed by atoms with Gasteiger partial charge >= 0.3 is 5.69 Å². The van der Waals surface area contributed by atoms with E-state index in [1.54, 1.807) is 24.3 Å². The lowest BCUT2D eigenvalue weighted by Gasteiger charge is -1.98. The number of amides is 1. The van der Waals surface area contributed by atoms with Crippen molar-refractivity contribution < 1.29 is 4.79 Å². The fourth-order valence-corrected chi connectivity index (χ4v) is 2.17. The molecule has 1 amide bonds. The van der Waals surface area contributed by atoms with Gasteiger partial charge in [0.05, 0.1) is 16.6 Å². The molecule has 0 aliphatic heterocycles. The second-order valence-corrected chi connectivity index (χ2v) is 4.26. The van der Waals surface area contributed by atoms with Gasteiger partial charge in [-0.1, -0.05) is 30.3 Å². The van der Waals surface area contributed by atoms with Gasteiger partial charge < -0.3 is 15.7 Å². The van der Waals surface area contributed by atoms with Gasteiger partial charge in [-0.3, -0.25) is 14.6 Å². The highest BCUT2D eigenvalue weighted by atomic mass is 16.2. The van der Waals surface area contributed by atoms with Gasteiger partial charge in [0.15, 0.2) is 0 Å². The minimum Gasteiger partial charge on any atom is -0.364 e. The predicted molar refractivity (Wildman–Crippen MR) is 73.5 cm³/mol. The summed E-state index contributed by atoms with van der Waals surface area (Å²) in [6.45, 7) is 0. The maximum atomic E-state index is 11.9. The first-order valence-electron chi connectivity index (χ1n) is 5.81. The van der Waals surface area contributed by atoms with Crippen LogP contribution >= 0.6 is 0 Å². The number of hydrogen-bond donors (Lipinski definition) is 4. The first-order chi connectivity index (χ1) is 9.58. The van der Waals surface area contributed by atoms with Gasteiger partial charge in [0, 0.05) is 5.56 Å².